The Kier molecular flexibility index (Phi) is 5.42. The highest BCUT2D eigenvalue weighted by atomic mass is 19.1. The largest absolute Gasteiger partial charge is 0.462 e. The summed E-state index contributed by atoms with van der Waals surface area (Å²) in [5, 5.41) is 0. The lowest BCUT2D eigenvalue weighted by molar-refractivity contribution is 0.0452. The third-order valence-electron chi connectivity index (χ3n) is 2.11. The van der Waals surface area contributed by atoms with Crippen LogP contribution in [0.15, 0.2) is 18.2 Å². The van der Waals surface area contributed by atoms with Crippen LogP contribution < -0.4 is 5.73 Å². The Morgan fingerprint density at radius 1 is 1.41 bits per heavy atom. The van der Waals surface area contributed by atoms with Crippen LogP contribution in [0.25, 0.3) is 0 Å². The first kappa shape index (κ1) is 13.4. The van der Waals surface area contributed by atoms with Crippen LogP contribution in [0, 0.1) is 5.82 Å². The van der Waals surface area contributed by atoms with Crippen LogP contribution in [-0.2, 0) is 9.47 Å². The van der Waals surface area contributed by atoms with Crippen molar-refractivity contribution in [2.75, 3.05) is 25.6 Å². The van der Waals surface area contributed by atoms with Gasteiger partial charge in [0, 0.05) is 19.6 Å². The molecule has 0 aliphatic carbocycles. The summed E-state index contributed by atoms with van der Waals surface area (Å²) in [6.45, 7) is 3.32. The van der Waals surface area contributed by atoms with Crippen molar-refractivity contribution in [2.45, 2.75) is 13.3 Å². The molecule has 0 bridgehead atoms. The van der Waals surface area contributed by atoms with Gasteiger partial charge in [0.2, 0.25) is 0 Å². The lowest BCUT2D eigenvalue weighted by Crippen LogP contribution is -2.09. The molecule has 17 heavy (non-hydrogen) atoms. The second kappa shape index (κ2) is 6.85. The molecular weight excluding hydrogens is 225 g/mol. The molecule has 0 spiro atoms. The van der Waals surface area contributed by atoms with Gasteiger partial charge in [-0.25, -0.2) is 9.18 Å². The molecule has 0 aromatic heterocycles. The fourth-order valence-electron chi connectivity index (χ4n) is 1.21. The van der Waals surface area contributed by atoms with E-state index < -0.39 is 11.8 Å². The van der Waals surface area contributed by atoms with Gasteiger partial charge in [-0.05, 0) is 25.1 Å². The van der Waals surface area contributed by atoms with Crippen molar-refractivity contribution in [1.29, 1.82) is 0 Å². The number of anilines is 1. The maximum Gasteiger partial charge on any atom is 0.338 e. The number of hydrogen-bond acceptors (Lipinski definition) is 4. The van der Waals surface area contributed by atoms with Gasteiger partial charge in [-0.1, -0.05) is 0 Å². The summed E-state index contributed by atoms with van der Waals surface area (Å²) in [5.74, 6) is -1.17. The normalized spacial score (nSPS) is 10.2. The Hall–Kier alpha value is -1.62. The molecule has 0 amide bonds. The van der Waals surface area contributed by atoms with E-state index in [1.165, 1.54) is 12.1 Å². The van der Waals surface area contributed by atoms with E-state index >= 15 is 0 Å². The summed E-state index contributed by atoms with van der Waals surface area (Å²) in [6, 6.07) is 3.84. The zero-order chi connectivity index (χ0) is 12.7. The Bertz CT molecular complexity index is 382. The molecule has 0 saturated carbocycles. The van der Waals surface area contributed by atoms with E-state index in [2.05, 4.69) is 0 Å². The van der Waals surface area contributed by atoms with Crippen LogP contribution in [0.5, 0.6) is 0 Å². The van der Waals surface area contributed by atoms with Crippen molar-refractivity contribution < 1.29 is 18.7 Å². The Morgan fingerprint density at radius 2 is 2.18 bits per heavy atom. The molecule has 1 aromatic rings. The summed E-state index contributed by atoms with van der Waals surface area (Å²) >= 11 is 0. The first-order chi connectivity index (χ1) is 8.15. The van der Waals surface area contributed by atoms with Gasteiger partial charge in [-0.3, -0.25) is 0 Å². The molecule has 5 heteroatoms. The summed E-state index contributed by atoms with van der Waals surface area (Å²) in [5.41, 5.74) is 5.47. The van der Waals surface area contributed by atoms with E-state index in [-0.39, 0.29) is 17.9 Å². The van der Waals surface area contributed by atoms with Crippen LogP contribution in [0.1, 0.15) is 23.7 Å². The lowest BCUT2D eigenvalue weighted by atomic mass is 10.2. The standard InChI is InChI=1S/C12H16FNO3/c1-2-16-6-3-7-17-12(15)9-4-5-11(14)10(13)8-9/h4-5,8H,2-3,6-7,14H2,1H3. The van der Waals surface area contributed by atoms with Gasteiger partial charge in [0.1, 0.15) is 5.82 Å². The molecule has 0 aliphatic heterocycles. The fourth-order valence-corrected chi connectivity index (χ4v) is 1.21. The zero-order valence-electron chi connectivity index (χ0n) is 9.74. The fraction of sp³-hybridized carbons (Fsp3) is 0.417. The number of esters is 1. The number of nitrogen functional groups attached to an aromatic ring is 1. The number of hydrogen-bond donors (Lipinski definition) is 1. The SMILES string of the molecule is CCOCCCOC(=O)c1ccc(N)c(F)c1. The van der Waals surface area contributed by atoms with E-state index in [0.29, 0.717) is 19.6 Å². The van der Waals surface area contributed by atoms with Crippen molar-refractivity contribution in [1.82, 2.24) is 0 Å². The van der Waals surface area contributed by atoms with Gasteiger partial charge in [-0.2, -0.15) is 0 Å². The molecule has 4 nitrogen and oxygen atoms in total. The maximum atomic E-state index is 13.1. The molecule has 0 atom stereocenters. The third kappa shape index (κ3) is 4.40. The maximum absolute atomic E-state index is 13.1. The van der Waals surface area contributed by atoms with Gasteiger partial charge < -0.3 is 15.2 Å². The average molecular weight is 241 g/mol. The minimum Gasteiger partial charge on any atom is -0.462 e. The lowest BCUT2D eigenvalue weighted by Gasteiger charge is -2.05. The molecule has 2 N–H and O–H groups in total. The van der Waals surface area contributed by atoms with Crippen LogP contribution in [0.3, 0.4) is 0 Å². The quantitative estimate of drug-likeness (QED) is 0.470. The zero-order valence-corrected chi connectivity index (χ0v) is 9.74. The minimum atomic E-state index is -0.617. The Balaban J connectivity index is 2.39. The van der Waals surface area contributed by atoms with E-state index in [0.717, 1.165) is 6.07 Å². The molecule has 0 fully saturated rings. The summed E-state index contributed by atoms with van der Waals surface area (Å²) in [4.78, 5) is 11.5. The number of nitrogens with two attached hydrogens (primary N) is 1. The monoisotopic (exact) mass is 241 g/mol. The van der Waals surface area contributed by atoms with E-state index in [9.17, 15) is 9.18 Å². The number of rotatable bonds is 6. The number of carbonyl (C=O) groups excluding carboxylic acids is 1. The molecule has 1 rings (SSSR count). The minimum absolute atomic E-state index is 0.0119. The van der Waals surface area contributed by atoms with Gasteiger partial charge in [0.15, 0.2) is 0 Å². The molecule has 0 heterocycles. The predicted molar refractivity (Wildman–Crippen MR) is 62.2 cm³/mol. The smallest absolute Gasteiger partial charge is 0.338 e. The van der Waals surface area contributed by atoms with Gasteiger partial charge in [0.25, 0.3) is 0 Å². The number of carbonyl (C=O) groups is 1. The second-order valence-electron chi connectivity index (χ2n) is 3.42. The van der Waals surface area contributed by atoms with Crippen molar-refractivity contribution >= 4 is 11.7 Å². The molecule has 1 aromatic carbocycles. The first-order valence-electron chi connectivity index (χ1n) is 5.45. The predicted octanol–water partition coefficient (Wildman–Crippen LogP) is 1.99. The molecule has 0 saturated heterocycles. The van der Waals surface area contributed by atoms with E-state index in [4.69, 9.17) is 15.2 Å². The van der Waals surface area contributed by atoms with Crippen LogP contribution >= 0.6 is 0 Å². The highest BCUT2D eigenvalue weighted by Gasteiger charge is 2.09. The van der Waals surface area contributed by atoms with Gasteiger partial charge >= 0.3 is 5.97 Å². The van der Waals surface area contributed by atoms with E-state index in [1.807, 2.05) is 6.92 Å². The van der Waals surface area contributed by atoms with E-state index in [1.54, 1.807) is 0 Å². The highest BCUT2D eigenvalue weighted by Crippen LogP contribution is 2.12. The van der Waals surface area contributed by atoms with Gasteiger partial charge in [0.05, 0.1) is 17.9 Å². The number of ether oxygens (including phenoxy) is 2. The van der Waals surface area contributed by atoms with Crippen molar-refractivity contribution in [3.8, 4) is 0 Å². The summed E-state index contributed by atoms with van der Waals surface area (Å²) in [6.07, 6.45) is 0.622. The number of benzene rings is 1. The second-order valence-corrected chi connectivity index (χ2v) is 3.42. The molecule has 0 unspecified atom stereocenters. The molecule has 0 aliphatic rings. The van der Waals surface area contributed by atoms with Gasteiger partial charge in [-0.15, -0.1) is 0 Å². The van der Waals surface area contributed by atoms with Crippen molar-refractivity contribution in [3.63, 3.8) is 0 Å². The molecule has 0 radical (unpaired) electrons. The summed E-state index contributed by atoms with van der Waals surface area (Å²) < 4.78 is 23.1. The average Bonchev–Trinajstić information content (AvgIpc) is 2.32. The Morgan fingerprint density at radius 3 is 2.82 bits per heavy atom. The Labute approximate surface area is 99.5 Å². The molecule has 94 valence electrons. The summed E-state index contributed by atoms with van der Waals surface area (Å²) in [7, 11) is 0. The van der Waals surface area contributed by atoms with Crippen molar-refractivity contribution in [3.05, 3.63) is 29.6 Å². The van der Waals surface area contributed by atoms with Crippen LogP contribution in [0.4, 0.5) is 10.1 Å². The highest BCUT2D eigenvalue weighted by molar-refractivity contribution is 5.89. The third-order valence-corrected chi connectivity index (χ3v) is 2.11. The molecular formula is C12H16FNO3. The van der Waals surface area contributed by atoms with Crippen LogP contribution in [-0.4, -0.2) is 25.8 Å². The van der Waals surface area contributed by atoms with Crippen molar-refractivity contribution in [2.24, 2.45) is 0 Å². The topological polar surface area (TPSA) is 61.5 Å². The number of halogens is 1. The van der Waals surface area contributed by atoms with Crippen LogP contribution in [0.2, 0.25) is 0 Å². The first-order valence-corrected chi connectivity index (χ1v) is 5.45.